The second kappa shape index (κ2) is 9.67. The third-order valence-electron chi connectivity index (χ3n) is 14.0. The van der Waals surface area contributed by atoms with Crippen molar-refractivity contribution in [1.82, 2.24) is 0 Å². The van der Waals surface area contributed by atoms with Gasteiger partial charge in [-0.05, 0) is 110 Å². The second-order valence-electron chi connectivity index (χ2n) is 15.8. The number of esters is 1. The SMILES string of the molecule is C[C@H]1[C@H](C)CC[C@]2(C)CC[C@]3(C)C(=CC(=O)[C@@H]4[C@@]5(C)CC[C@@H](OC(=O)CCC(=O)O)[C@](C)(C(=O)O)[C@@H]5CC[C@]43C)[C@H]12. The van der Waals surface area contributed by atoms with Crippen LogP contribution in [-0.2, 0) is 23.9 Å². The minimum absolute atomic E-state index is 0.130. The lowest BCUT2D eigenvalue weighted by atomic mass is 9.33. The van der Waals surface area contributed by atoms with Crippen molar-refractivity contribution in [2.75, 3.05) is 0 Å². The van der Waals surface area contributed by atoms with Gasteiger partial charge in [0, 0.05) is 5.92 Å². The van der Waals surface area contributed by atoms with Gasteiger partial charge < -0.3 is 14.9 Å². The molecule has 0 heterocycles. The van der Waals surface area contributed by atoms with Crippen LogP contribution in [0.3, 0.4) is 0 Å². The summed E-state index contributed by atoms with van der Waals surface area (Å²) in [7, 11) is 0. The Hall–Kier alpha value is -2.18. The van der Waals surface area contributed by atoms with Crippen molar-refractivity contribution in [3.05, 3.63) is 11.6 Å². The Bertz CT molecular complexity index is 1190. The molecule has 0 amide bonds. The minimum atomic E-state index is -1.36. The number of carboxylic acids is 2. The van der Waals surface area contributed by atoms with Crippen LogP contribution in [0.15, 0.2) is 11.6 Å². The summed E-state index contributed by atoms with van der Waals surface area (Å²) in [4.78, 5) is 51.0. The molecule has 0 aromatic heterocycles. The molecular weight excluding hydrogens is 520 g/mol. The average Bonchev–Trinajstić information content (AvgIpc) is 2.88. The molecule has 0 spiro atoms. The lowest BCUT2D eigenvalue weighted by molar-refractivity contribution is -0.221. The Kier molecular flexibility index (Phi) is 7.14. The predicted molar refractivity (Wildman–Crippen MR) is 154 cm³/mol. The first-order valence-corrected chi connectivity index (χ1v) is 15.9. The number of carbonyl (C=O) groups excluding carboxylic acids is 2. The summed E-state index contributed by atoms with van der Waals surface area (Å²) in [5.41, 5.74) is -0.764. The Balaban J connectivity index is 1.54. The third kappa shape index (κ3) is 4.10. The highest BCUT2D eigenvalue weighted by atomic mass is 16.5. The minimum Gasteiger partial charge on any atom is -0.481 e. The molecule has 7 heteroatoms. The fourth-order valence-electron chi connectivity index (χ4n) is 11.2. The van der Waals surface area contributed by atoms with Crippen LogP contribution in [0.25, 0.3) is 0 Å². The van der Waals surface area contributed by atoms with E-state index >= 15 is 0 Å². The molecule has 228 valence electrons. The molecule has 0 unspecified atom stereocenters. The number of carbonyl (C=O) groups is 4. The van der Waals surface area contributed by atoms with E-state index in [1.807, 2.05) is 6.08 Å². The molecule has 41 heavy (non-hydrogen) atoms. The Morgan fingerprint density at radius 1 is 0.902 bits per heavy atom. The first-order valence-electron chi connectivity index (χ1n) is 15.9. The molecule has 0 aliphatic heterocycles. The molecular formula is C34H50O7. The standard InChI is InChI=1S/C34H50O7/c1-19-10-13-30(3)16-17-32(5)21(27(30)20(19)2)18-22(35)28-31(4)14-12-24(41-26(38)9-8-25(36)37)34(7,29(39)40)23(31)11-15-33(28,32)6/h18-20,23-24,27-28H,8-17H2,1-7H3,(H,36,37)(H,39,40)/t19-,20+,23-,24-,27+,28-,30-,31+,32-,33-,34-/m1/s1. The molecule has 11 atom stereocenters. The monoisotopic (exact) mass is 570 g/mol. The maximum atomic E-state index is 14.5. The highest BCUT2D eigenvalue weighted by molar-refractivity contribution is 5.96. The lowest BCUT2D eigenvalue weighted by Crippen LogP contribution is -2.68. The molecule has 0 bridgehead atoms. The summed E-state index contributed by atoms with van der Waals surface area (Å²) in [6.45, 7) is 15.7. The van der Waals surface area contributed by atoms with Crippen LogP contribution in [0.5, 0.6) is 0 Å². The van der Waals surface area contributed by atoms with E-state index in [1.165, 1.54) is 18.4 Å². The number of hydrogen-bond donors (Lipinski definition) is 2. The average molecular weight is 571 g/mol. The summed E-state index contributed by atoms with van der Waals surface area (Å²) in [5, 5.41) is 19.6. The predicted octanol–water partition coefficient (Wildman–Crippen LogP) is 6.68. The Morgan fingerprint density at radius 3 is 2.22 bits per heavy atom. The van der Waals surface area contributed by atoms with Gasteiger partial charge in [-0.2, -0.15) is 0 Å². The zero-order chi connectivity index (χ0) is 30.3. The molecule has 2 N–H and O–H groups in total. The lowest BCUT2D eigenvalue weighted by Gasteiger charge is -2.70. The number of allylic oxidation sites excluding steroid dienone is 2. The number of aliphatic carboxylic acids is 2. The summed E-state index contributed by atoms with van der Waals surface area (Å²) in [6.07, 6.45) is 7.52. The largest absolute Gasteiger partial charge is 0.481 e. The normalized spacial score (nSPS) is 49.0. The summed E-state index contributed by atoms with van der Waals surface area (Å²) < 4.78 is 5.72. The molecule has 5 aliphatic carbocycles. The van der Waals surface area contributed by atoms with E-state index in [0.717, 1.165) is 19.3 Å². The third-order valence-corrected chi connectivity index (χ3v) is 14.0. The highest BCUT2D eigenvalue weighted by Crippen LogP contribution is 2.75. The molecule has 0 saturated heterocycles. The molecule has 0 aromatic carbocycles. The van der Waals surface area contributed by atoms with Crippen molar-refractivity contribution in [1.29, 1.82) is 0 Å². The van der Waals surface area contributed by atoms with Gasteiger partial charge in [0.1, 0.15) is 11.5 Å². The fraction of sp³-hybridized carbons (Fsp3) is 0.824. The maximum absolute atomic E-state index is 14.5. The molecule has 7 nitrogen and oxygen atoms in total. The van der Waals surface area contributed by atoms with Gasteiger partial charge in [-0.15, -0.1) is 0 Å². The first kappa shape index (κ1) is 30.3. The summed E-state index contributed by atoms with van der Waals surface area (Å²) >= 11 is 0. The number of fused-ring (bicyclic) bond motifs is 7. The van der Waals surface area contributed by atoms with Crippen molar-refractivity contribution in [3.8, 4) is 0 Å². The Morgan fingerprint density at radius 2 is 1.59 bits per heavy atom. The van der Waals surface area contributed by atoms with Crippen LogP contribution < -0.4 is 0 Å². The molecule has 4 fully saturated rings. The van der Waals surface area contributed by atoms with E-state index in [4.69, 9.17) is 9.84 Å². The van der Waals surface area contributed by atoms with E-state index in [1.54, 1.807) is 6.92 Å². The zero-order valence-electron chi connectivity index (χ0n) is 26.0. The second-order valence-corrected chi connectivity index (χ2v) is 15.8. The molecule has 0 aromatic rings. The van der Waals surface area contributed by atoms with Gasteiger partial charge in [0.05, 0.1) is 12.8 Å². The van der Waals surface area contributed by atoms with Crippen molar-refractivity contribution < 1.29 is 34.1 Å². The fourth-order valence-corrected chi connectivity index (χ4v) is 11.2. The van der Waals surface area contributed by atoms with Crippen molar-refractivity contribution in [3.63, 3.8) is 0 Å². The Labute approximate surface area is 244 Å². The molecule has 5 aliphatic rings. The quantitative estimate of drug-likeness (QED) is 0.354. The molecule has 0 radical (unpaired) electrons. The number of hydrogen-bond acceptors (Lipinski definition) is 5. The highest BCUT2D eigenvalue weighted by Gasteiger charge is 2.72. The van der Waals surface area contributed by atoms with E-state index in [2.05, 4.69) is 41.5 Å². The first-order chi connectivity index (χ1) is 19.0. The van der Waals surface area contributed by atoms with Crippen LogP contribution in [0, 0.1) is 56.7 Å². The number of carboxylic acid groups (broad SMARTS) is 2. The van der Waals surface area contributed by atoms with Crippen molar-refractivity contribution in [2.45, 2.75) is 119 Å². The summed E-state index contributed by atoms with van der Waals surface area (Å²) in [6, 6.07) is 0. The van der Waals surface area contributed by atoms with Crippen LogP contribution in [-0.4, -0.2) is 40.0 Å². The van der Waals surface area contributed by atoms with Gasteiger partial charge in [0.25, 0.3) is 0 Å². The summed E-state index contributed by atoms with van der Waals surface area (Å²) in [5.74, 6) is -1.75. The van der Waals surface area contributed by atoms with Gasteiger partial charge in [-0.25, -0.2) is 0 Å². The number of rotatable bonds is 5. The van der Waals surface area contributed by atoms with Crippen LogP contribution in [0.2, 0.25) is 0 Å². The van der Waals surface area contributed by atoms with Crippen molar-refractivity contribution >= 4 is 23.7 Å². The topological polar surface area (TPSA) is 118 Å². The molecule has 4 saturated carbocycles. The van der Waals surface area contributed by atoms with Crippen LogP contribution in [0.4, 0.5) is 0 Å². The van der Waals surface area contributed by atoms with Crippen LogP contribution in [0.1, 0.15) is 113 Å². The van der Waals surface area contributed by atoms with Crippen LogP contribution >= 0.6 is 0 Å². The van der Waals surface area contributed by atoms with Crippen molar-refractivity contribution in [2.24, 2.45) is 56.7 Å². The van der Waals surface area contributed by atoms with E-state index in [0.29, 0.717) is 37.0 Å². The number of ketones is 1. The molecule has 5 rings (SSSR count). The van der Waals surface area contributed by atoms with Gasteiger partial charge in [-0.1, -0.05) is 47.1 Å². The van der Waals surface area contributed by atoms with E-state index < -0.39 is 34.8 Å². The smallest absolute Gasteiger partial charge is 0.313 e. The van der Waals surface area contributed by atoms with Gasteiger partial charge in [0.2, 0.25) is 0 Å². The number of ether oxygens (including phenoxy) is 1. The van der Waals surface area contributed by atoms with Gasteiger partial charge in [0.15, 0.2) is 5.78 Å². The van der Waals surface area contributed by atoms with E-state index in [9.17, 15) is 24.3 Å². The maximum Gasteiger partial charge on any atom is 0.313 e. The van der Waals surface area contributed by atoms with E-state index in [-0.39, 0.29) is 46.7 Å². The van der Waals surface area contributed by atoms with Gasteiger partial charge in [-0.3, -0.25) is 19.2 Å². The van der Waals surface area contributed by atoms with Gasteiger partial charge >= 0.3 is 17.9 Å². The zero-order valence-corrected chi connectivity index (χ0v) is 26.0.